The van der Waals surface area contributed by atoms with E-state index < -0.39 is 11.6 Å². The van der Waals surface area contributed by atoms with Crippen molar-refractivity contribution in [3.05, 3.63) is 12.3 Å². The van der Waals surface area contributed by atoms with E-state index in [1.54, 1.807) is 6.07 Å². The Morgan fingerprint density at radius 3 is 2.69 bits per heavy atom. The highest BCUT2D eigenvalue weighted by Crippen LogP contribution is 2.59. The second-order valence-corrected chi connectivity index (χ2v) is 15.3. The fourth-order valence-electron chi connectivity index (χ4n) is 7.92. The normalized spacial score (nSPS) is 37.3. The minimum atomic E-state index is -4.15. The van der Waals surface area contributed by atoms with Gasteiger partial charge in [-0.2, -0.15) is 13.2 Å². The summed E-state index contributed by atoms with van der Waals surface area (Å²) in [6, 6.07) is 1.78. The summed E-state index contributed by atoms with van der Waals surface area (Å²) in [6.07, 6.45) is 8.25. The maximum Gasteiger partial charge on any atom is 0.394 e. The summed E-state index contributed by atoms with van der Waals surface area (Å²) in [5, 5.41) is 12.9. The van der Waals surface area contributed by atoms with Gasteiger partial charge in [-0.15, -0.1) is 5.10 Å². The third-order valence-corrected chi connectivity index (χ3v) is 11.7. The van der Waals surface area contributed by atoms with E-state index in [1.807, 2.05) is 22.8 Å². The number of ether oxygens (including phenoxy) is 1. The van der Waals surface area contributed by atoms with Gasteiger partial charge in [0, 0.05) is 36.8 Å². The zero-order chi connectivity index (χ0) is 29.5. The van der Waals surface area contributed by atoms with Gasteiger partial charge in [0.05, 0.1) is 29.7 Å². The van der Waals surface area contributed by atoms with Crippen molar-refractivity contribution in [2.24, 2.45) is 17.3 Å². The van der Waals surface area contributed by atoms with Crippen molar-refractivity contribution in [1.29, 1.82) is 0 Å². The van der Waals surface area contributed by atoms with E-state index >= 15 is 0 Å². The molecule has 1 saturated carbocycles. The average Bonchev–Trinajstić information content (AvgIpc) is 3.50. The van der Waals surface area contributed by atoms with E-state index in [9.17, 15) is 13.2 Å². The van der Waals surface area contributed by atoms with Crippen LogP contribution >= 0.6 is 11.9 Å². The molecule has 0 spiro atoms. The van der Waals surface area contributed by atoms with Gasteiger partial charge in [-0.05, 0) is 104 Å². The van der Waals surface area contributed by atoms with E-state index in [1.165, 1.54) is 38.5 Å². The fraction of sp³-hybridized carbons (Fsp3) is 0.900. The molecule has 0 aromatic carbocycles. The van der Waals surface area contributed by atoms with Crippen molar-refractivity contribution in [1.82, 2.24) is 34.9 Å². The van der Waals surface area contributed by atoms with Crippen LogP contribution in [0.3, 0.4) is 0 Å². The van der Waals surface area contributed by atoms with Crippen LogP contribution in [0.1, 0.15) is 90.6 Å². The van der Waals surface area contributed by atoms with Crippen molar-refractivity contribution in [3.8, 4) is 5.88 Å². The van der Waals surface area contributed by atoms with Crippen LogP contribution in [-0.2, 0) is 0 Å². The van der Waals surface area contributed by atoms with Gasteiger partial charge in [0.1, 0.15) is 6.17 Å². The number of halogens is 3. The molecule has 238 valence electrons. The summed E-state index contributed by atoms with van der Waals surface area (Å²) < 4.78 is 51.3. The van der Waals surface area contributed by atoms with Gasteiger partial charge in [0.2, 0.25) is 5.88 Å². The number of piperidine rings is 2. The van der Waals surface area contributed by atoms with Gasteiger partial charge >= 0.3 is 6.18 Å². The molecule has 0 radical (unpaired) electrons. The van der Waals surface area contributed by atoms with E-state index in [0.717, 1.165) is 32.5 Å². The molecule has 42 heavy (non-hydrogen) atoms. The monoisotopic (exact) mass is 613 g/mol. The molecule has 12 heteroatoms. The van der Waals surface area contributed by atoms with Gasteiger partial charge in [0.15, 0.2) is 0 Å². The van der Waals surface area contributed by atoms with Gasteiger partial charge in [-0.25, -0.2) is 0 Å². The van der Waals surface area contributed by atoms with Crippen molar-refractivity contribution in [3.63, 3.8) is 0 Å². The summed E-state index contributed by atoms with van der Waals surface area (Å²) in [4.78, 5) is 5.24. The molecule has 7 atom stereocenters. The predicted octanol–water partition coefficient (Wildman–Crippen LogP) is 5.31. The molecule has 1 aliphatic carbocycles. The van der Waals surface area contributed by atoms with Crippen LogP contribution < -0.4 is 20.1 Å². The molecular weight excluding hydrogens is 563 g/mol. The highest BCUT2D eigenvalue weighted by molar-refractivity contribution is 7.98. The first-order valence-electron chi connectivity index (χ1n) is 16.2. The number of aromatic nitrogens is 2. The van der Waals surface area contributed by atoms with Gasteiger partial charge in [-0.3, -0.25) is 29.8 Å². The van der Waals surface area contributed by atoms with Crippen LogP contribution in [0, 0.1) is 17.3 Å². The molecule has 4 aliphatic heterocycles. The van der Waals surface area contributed by atoms with Crippen LogP contribution in [0.2, 0.25) is 0 Å². The quantitative estimate of drug-likeness (QED) is 0.387. The molecule has 0 amide bonds. The first kappa shape index (κ1) is 31.0. The number of nitrogens with one attached hydrogen (secondary N) is 3. The molecule has 1 aromatic heterocycles. The Morgan fingerprint density at radius 2 is 1.90 bits per heavy atom. The molecule has 5 aliphatic rings. The van der Waals surface area contributed by atoms with Crippen LogP contribution in [0.5, 0.6) is 5.88 Å². The lowest BCUT2D eigenvalue weighted by Gasteiger charge is -2.47. The molecule has 5 heterocycles. The minimum Gasteiger partial charge on any atom is -0.477 e. The zero-order valence-electron chi connectivity index (χ0n) is 25.5. The minimum absolute atomic E-state index is 0.00165. The molecule has 7 unspecified atom stereocenters. The number of fused-ring (bicyclic) bond motifs is 6. The molecule has 1 aromatic rings. The third-order valence-electron chi connectivity index (χ3n) is 10.7. The average molecular weight is 614 g/mol. The van der Waals surface area contributed by atoms with Crippen molar-refractivity contribution in [2.45, 2.75) is 120 Å². The lowest BCUT2D eigenvalue weighted by molar-refractivity contribution is -0.190. The third kappa shape index (κ3) is 6.78. The Hall–Kier alpha value is -1.05. The predicted molar refractivity (Wildman–Crippen MR) is 160 cm³/mol. The second kappa shape index (κ2) is 12.4. The zero-order valence-corrected chi connectivity index (χ0v) is 26.3. The summed E-state index contributed by atoms with van der Waals surface area (Å²) >= 11 is 1.86. The topological polar surface area (TPSA) is 69.6 Å². The van der Waals surface area contributed by atoms with E-state index in [0.29, 0.717) is 29.3 Å². The highest BCUT2D eigenvalue weighted by Gasteiger charge is 2.62. The van der Waals surface area contributed by atoms with Crippen molar-refractivity contribution < 1.29 is 17.9 Å². The lowest BCUT2D eigenvalue weighted by Crippen LogP contribution is -2.60. The standard InChI is InChI=1S/C30H50F3N7OS/c1-28(2)18-21-6-5-15-38(3)23-7-4-8-26(35-23)42-34-19-22-9-10-24(36-27(22)39(28)20-21)40-16-11-25(37-40)41-17-14-29(12-13-29)30(31,32)33/h11,16,21-24,26-27,34-36H,4-10,12-15,17-20H2,1-3H3. The SMILES string of the molecule is CN1CCCC2CN(C3NC(n4ccc(OCCC5(C(F)(F)F)CC5)n4)CCC3CNSC3CCCC1N3)C(C)(C)C2. The van der Waals surface area contributed by atoms with Crippen molar-refractivity contribution >= 4 is 11.9 Å². The summed E-state index contributed by atoms with van der Waals surface area (Å²) in [6.45, 7) is 8.01. The molecular formula is C30H50F3N7OS. The molecule has 4 saturated heterocycles. The van der Waals surface area contributed by atoms with Crippen LogP contribution in [0.25, 0.3) is 0 Å². The Kier molecular flexibility index (Phi) is 9.13. The van der Waals surface area contributed by atoms with Gasteiger partial charge in [-0.1, -0.05) is 11.9 Å². The number of rotatable bonds is 5. The fourth-order valence-corrected chi connectivity index (χ4v) is 8.94. The summed E-state index contributed by atoms with van der Waals surface area (Å²) in [5.41, 5.74) is -1.44. The smallest absolute Gasteiger partial charge is 0.394 e. The Labute approximate surface area is 253 Å². The maximum absolute atomic E-state index is 13.3. The van der Waals surface area contributed by atoms with Gasteiger partial charge < -0.3 is 4.74 Å². The van der Waals surface area contributed by atoms with Gasteiger partial charge in [0.25, 0.3) is 0 Å². The maximum atomic E-state index is 13.3. The molecule has 4 bridgehead atoms. The van der Waals surface area contributed by atoms with E-state index in [-0.39, 0.29) is 43.7 Å². The van der Waals surface area contributed by atoms with E-state index in [2.05, 4.69) is 51.1 Å². The van der Waals surface area contributed by atoms with Crippen LogP contribution in [-0.4, -0.2) is 82.3 Å². The summed E-state index contributed by atoms with van der Waals surface area (Å²) in [7, 11) is 2.28. The second-order valence-electron chi connectivity index (χ2n) is 14.2. The lowest BCUT2D eigenvalue weighted by atomic mass is 9.90. The van der Waals surface area contributed by atoms with Crippen molar-refractivity contribution in [2.75, 3.05) is 33.3 Å². The molecule has 8 nitrogen and oxygen atoms in total. The molecule has 5 fully saturated rings. The van der Waals surface area contributed by atoms with E-state index in [4.69, 9.17) is 4.74 Å². The number of nitrogens with zero attached hydrogens (tertiary/aromatic N) is 4. The molecule has 6 rings (SSSR count). The van der Waals surface area contributed by atoms with Crippen LogP contribution in [0.4, 0.5) is 13.2 Å². The number of hydrogen-bond donors (Lipinski definition) is 3. The summed E-state index contributed by atoms with van der Waals surface area (Å²) in [5.74, 6) is 1.55. The largest absolute Gasteiger partial charge is 0.477 e. The Bertz CT molecular complexity index is 1050. The number of alkyl halides is 3. The van der Waals surface area contributed by atoms with Crippen LogP contribution in [0.15, 0.2) is 12.3 Å². The first-order chi connectivity index (χ1) is 20.0. The Morgan fingerprint density at radius 1 is 1.07 bits per heavy atom. The Balaban J connectivity index is 1.12. The highest BCUT2D eigenvalue weighted by atomic mass is 32.2. The number of hydrogen-bond acceptors (Lipinski definition) is 8. The first-order valence-corrected chi connectivity index (χ1v) is 17.0. The molecule has 3 N–H and O–H groups in total.